The second kappa shape index (κ2) is 17.7. The van der Waals surface area contributed by atoms with Crippen LogP contribution in [0.2, 0.25) is 0 Å². The maximum absolute atomic E-state index is 5.24. The van der Waals surface area contributed by atoms with Gasteiger partial charge in [-0.3, -0.25) is 0 Å². The van der Waals surface area contributed by atoms with Crippen LogP contribution in [0, 0.1) is 0 Å². The molecule has 0 amide bonds. The summed E-state index contributed by atoms with van der Waals surface area (Å²) in [6.45, 7) is 0. The lowest BCUT2D eigenvalue weighted by atomic mass is 9.67. The van der Waals surface area contributed by atoms with Gasteiger partial charge in [-0.1, -0.05) is 261 Å². The van der Waals surface area contributed by atoms with E-state index in [2.05, 4.69) is 261 Å². The predicted molar refractivity (Wildman–Crippen MR) is 295 cm³/mol. The minimum atomic E-state index is -0.413. The Bertz CT molecular complexity index is 3840. The maximum atomic E-state index is 5.24. The summed E-state index contributed by atoms with van der Waals surface area (Å²) in [5.41, 5.74) is 21.7. The number of rotatable bonds is 9. The second-order valence-electron chi connectivity index (χ2n) is 18.4. The highest BCUT2D eigenvalue weighted by molar-refractivity contribution is 6.05. The first kappa shape index (κ1) is 41.9. The first-order valence-corrected chi connectivity index (χ1v) is 24.4. The van der Waals surface area contributed by atoms with Crippen LogP contribution in [0.3, 0.4) is 0 Å². The summed E-state index contributed by atoms with van der Waals surface area (Å²) >= 11 is 0. The van der Waals surface area contributed by atoms with Gasteiger partial charge in [0.05, 0.1) is 16.8 Å². The van der Waals surface area contributed by atoms with Gasteiger partial charge in [-0.05, 0) is 107 Å². The van der Waals surface area contributed by atoms with Crippen molar-refractivity contribution in [3.05, 3.63) is 301 Å². The third-order valence-corrected chi connectivity index (χ3v) is 14.4. The lowest BCUT2D eigenvalue weighted by molar-refractivity contribution is 0.768. The van der Waals surface area contributed by atoms with E-state index >= 15 is 0 Å². The number of aromatic nitrogens is 2. The van der Waals surface area contributed by atoms with Crippen molar-refractivity contribution in [2.45, 2.75) is 5.41 Å². The van der Waals surface area contributed by atoms with Crippen molar-refractivity contribution >= 4 is 10.8 Å². The van der Waals surface area contributed by atoms with E-state index in [4.69, 9.17) is 9.97 Å². The van der Waals surface area contributed by atoms with Gasteiger partial charge in [0, 0.05) is 16.7 Å². The van der Waals surface area contributed by atoms with E-state index in [0.29, 0.717) is 5.82 Å². The van der Waals surface area contributed by atoms with E-state index in [1.54, 1.807) is 0 Å². The smallest absolute Gasteiger partial charge is 0.160 e. The molecule has 2 nitrogen and oxygen atoms in total. The van der Waals surface area contributed by atoms with Gasteiger partial charge < -0.3 is 0 Å². The Morgan fingerprint density at radius 1 is 0.225 bits per heavy atom. The van der Waals surface area contributed by atoms with Crippen LogP contribution in [-0.4, -0.2) is 9.97 Å². The zero-order valence-electron chi connectivity index (χ0n) is 39.0. The Balaban J connectivity index is 0.839. The summed E-state index contributed by atoms with van der Waals surface area (Å²) < 4.78 is 0. The summed E-state index contributed by atoms with van der Waals surface area (Å²) in [5, 5.41) is 2.32. The first-order valence-electron chi connectivity index (χ1n) is 24.4. The van der Waals surface area contributed by atoms with Crippen molar-refractivity contribution in [3.8, 4) is 89.5 Å². The number of nitrogens with zero attached hydrogens (tertiary/aromatic N) is 2. The van der Waals surface area contributed by atoms with E-state index in [1.165, 1.54) is 77.7 Å². The van der Waals surface area contributed by atoms with Gasteiger partial charge in [-0.15, -0.1) is 0 Å². The fraction of sp³-hybridized carbons (Fsp3) is 0.0145. The van der Waals surface area contributed by atoms with Crippen LogP contribution in [0.15, 0.2) is 279 Å². The van der Waals surface area contributed by atoms with Gasteiger partial charge in [-0.25, -0.2) is 9.97 Å². The van der Waals surface area contributed by atoms with Crippen molar-refractivity contribution in [2.24, 2.45) is 0 Å². The van der Waals surface area contributed by atoms with Crippen molar-refractivity contribution < 1.29 is 0 Å². The third kappa shape index (κ3) is 7.37. The average molecular weight is 903 g/mol. The minimum absolute atomic E-state index is 0.413. The normalized spacial score (nSPS) is 12.3. The van der Waals surface area contributed by atoms with Gasteiger partial charge in [0.1, 0.15) is 0 Å². The molecule has 0 atom stereocenters. The Labute approximate surface area is 414 Å². The molecule has 1 aliphatic carbocycles. The van der Waals surface area contributed by atoms with Crippen LogP contribution in [0.4, 0.5) is 0 Å². The van der Waals surface area contributed by atoms with Gasteiger partial charge >= 0.3 is 0 Å². The van der Waals surface area contributed by atoms with E-state index < -0.39 is 5.41 Å². The summed E-state index contributed by atoms with van der Waals surface area (Å²) in [6, 6.07) is 101. The predicted octanol–water partition coefficient (Wildman–Crippen LogP) is 17.7. The van der Waals surface area contributed by atoms with E-state index in [9.17, 15) is 0 Å². The molecule has 0 saturated heterocycles. The third-order valence-electron chi connectivity index (χ3n) is 14.4. The van der Waals surface area contributed by atoms with E-state index in [1.807, 2.05) is 18.2 Å². The second-order valence-corrected chi connectivity index (χ2v) is 18.4. The molecule has 0 spiro atoms. The molecule has 71 heavy (non-hydrogen) atoms. The zero-order valence-corrected chi connectivity index (χ0v) is 39.0. The minimum Gasteiger partial charge on any atom is -0.228 e. The lowest BCUT2D eigenvalue weighted by Gasteiger charge is -2.33. The van der Waals surface area contributed by atoms with Gasteiger partial charge in [0.15, 0.2) is 5.82 Å². The molecular formula is C69H46N2. The molecule has 0 bridgehead atoms. The number of fused-ring (bicyclic) bond motifs is 4. The number of hydrogen-bond acceptors (Lipinski definition) is 2. The van der Waals surface area contributed by atoms with Crippen LogP contribution in [0.5, 0.6) is 0 Å². The van der Waals surface area contributed by atoms with Crippen LogP contribution in [-0.2, 0) is 5.41 Å². The Morgan fingerprint density at radius 3 is 1.34 bits per heavy atom. The molecule has 0 saturated carbocycles. The Kier molecular flexibility index (Phi) is 10.4. The SMILES string of the molecule is c1ccc(-c2ccc(-c3cc(-c4ccc(-c5ccc(-c6cccc(-c7ccc8c(c7)-c7ccccc7C8(c7ccccc7)c7ccccc7)c6)cc5)c5ccccc45)nc(-c4ccccc4)n3)cc2)cc1. The lowest BCUT2D eigenvalue weighted by Crippen LogP contribution is -2.28. The molecule has 0 unspecified atom stereocenters. The van der Waals surface area contributed by atoms with Gasteiger partial charge in [0.2, 0.25) is 0 Å². The molecule has 0 aliphatic heterocycles. The number of benzene rings is 11. The maximum Gasteiger partial charge on any atom is 0.160 e. The van der Waals surface area contributed by atoms with Gasteiger partial charge in [0.25, 0.3) is 0 Å². The van der Waals surface area contributed by atoms with Crippen LogP contribution < -0.4 is 0 Å². The highest BCUT2D eigenvalue weighted by Gasteiger charge is 2.46. The number of hydrogen-bond donors (Lipinski definition) is 0. The fourth-order valence-corrected chi connectivity index (χ4v) is 11.0. The molecule has 332 valence electrons. The van der Waals surface area contributed by atoms with E-state index in [-0.39, 0.29) is 0 Å². The molecule has 0 fully saturated rings. The van der Waals surface area contributed by atoms with Crippen molar-refractivity contribution in [1.29, 1.82) is 0 Å². The molecule has 11 aromatic carbocycles. The van der Waals surface area contributed by atoms with Crippen LogP contribution in [0.25, 0.3) is 100 Å². The first-order chi connectivity index (χ1) is 35.2. The molecule has 13 rings (SSSR count). The fourth-order valence-electron chi connectivity index (χ4n) is 11.0. The summed E-state index contributed by atoms with van der Waals surface area (Å²) in [5.74, 6) is 0.702. The standard InChI is InChI=1S/C69H46N2/c1-5-18-47(19-6-1)48-34-38-51(39-35-48)66-46-67(71-68(70-66)52-20-7-2-8-21-52)62-42-41-58(59-28-13-14-29-60(59)62)50-36-32-49(33-37-50)53-22-17-23-54(44-53)55-40-43-65-63(45-55)61-30-15-16-31-64(61)69(65,56-24-9-3-10-25-56)57-26-11-4-12-27-57/h1-46H. The van der Waals surface area contributed by atoms with E-state index in [0.717, 1.165) is 39.0 Å². The summed E-state index contributed by atoms with van der Waals surface area (Å²) in [4.78, 5) is 10.4. The molecule has 12 aromatic rings. The van der Waals surface area contributed by atoms with Crippen molar-refractivity contribution in [1.82, 2.24) is 9.97 Å². The summed E-state index contributed by atoms with van der Waals surface area (Å²) in [7, 11) is 0. The molecular weight excluding hydrogens is 857 g/mol. The van der Waals surface area contributed by atoms with Crippen LogP contribution in [0.1, 0.15) is 22.3 Å². The largest absolute Gasteiger partial charge is 0.228 e. The molecule has 2 heteroatoms. The average Bonchev–Trinajstić information content (AvgIpc) is 3.76. The zero-order chi connectivity index (χ0) is 47.1. The van der Waals surface area contributed by atoms with Crippen LogP contribution >= 0.6 is 0 Å². The Morgan fingerprint density at radius 2 is 0.662 bits per heavy atom. The van der Waals surface area contributed by atoms with Crippen molar-refractivity contribution in [2.75, 3.05) is 0 Å². The highest BCUT2D eigenvalue weighted by atomic mass is 14.9. The summed E-state index contributed by atoms with van der Waals surface area (Å²) in [6.07, 6.45) is 0. The monoisotopic (exact) mass is 902 g/mol. The highest BCUT2D eigenvalue weighted by Crippen LogP contribution is 2.56. The molecule has 1 aromatic heterocycles. The van der Waals surface area contributed by atoms with Crippen molar-refractivity contribution in [3.63, 3.8) is 0 Å². The quantitative estimate of drug-likeness (QED) is 0.144. The molecule has 0 N–H and O–H groups in total. The molecule has 1 aliphatic rings. The topological polar surface area (TPSA) is 25.8 Å². The Hall–Kier alpha value is -9.24. The molecule has 0 radical (unpaired) electrons. The molecule has 1 heterocycles. The van der Waals surface area contributed by atoms with Gasteiger partial charge in [-0.2, -0.15) is 0 Å².